The number of alkyl halides is 2. The van der Waals surface area contributed by atoms with Crippen LogP contribution in [-0.2, 0) is 30.4 Å². The van der Waals surface area contributed by atoms with Crippen molar-refractivity contribution in [3.63, 3.8) is 0 Å². The highest BCUT2D eigenvalue weighted by Crippen LogP contribution is 2.38. The molecule has 8 nitrogen and oxygen atoms in total. The van der Waals surface area contributed by atoms with E-state index in [4.69, 9.17) is 17.3 Å². The van der Waals surface area contributed by atoms with Crippen LogP contribution in [0.25, 0.3) is 0 Å². The number of amides is 1. The minimum absolute atomic E-state index is 0.0780. The number of allylic oxidation sites excluding steroid dienone is 3. The van der Waals surface area contributed by atoms with Crippen molar-refractivity contribution in [2.24, 2.45) is 10.7 Å². The van der Waals surface area contributed by atoms with Gasteiger partial charge in [0.05, 0.1) is 17.8 Å². The minimum atomic E-state index is -3.23. The molecule has 0 spiro atoms. The second kappa shape index (κ2) is 10.5. The van der Waals surface area contributed by atoms with Gasteiger partial charge in [-0.25, -0.2) is 13.6 Å². The summed E-state index contributed by atoms with van der Waals surface area (Å²) in [6, 6.07) is 10.4. The van der Waals surface area contributed by atoms with E-state index in [2.05, 4.69) is 15.2 Å². The van der Waals surface area contributed by atoms with E-state index in [0.29, 0.717) is 18.8 Å². The van der Waals surface area contributed by atoms with Crippen LogP contribution >= 0.6 is 11.6 Å². The molecule has 2 aromatic carbocycles. The smallest absolute Gasteiger partial charge is 0.339 e. The van der Waals surface area contributed by atoms with Gasteiger partial charge in [0.2, 0.25) is 0 Å². The number of fused-ring (bicyclic) bond motifs is 2. The van der Waals surface area contributed by atoms with Crippen molar-refractivity contribution in [3.8, 4) is 0 Å². The number of nitrogens with one attached hydrogen (secondary N) is 1. The van der Waals surface area contributed by atoms with Crippen molar-refractivity contribution in [2.75, 3.05) is 12.4 Å². The van der Waals surface area contributed by atoms with Crippen molar-refractivity contribution < 1.29 is 23.5 Å². The molecular formula is C27H28ClF2N5O3. The number of carbonyl (C=O) groups is 2. The van der Waals surface area contributed by atoms with E-state index >= 15 is 0 Å². The quantitative estimate of drug-likeness (QED) is 0.204. The third-order valence-corrected chi connectivity index (χ3v) is 6.94. The number of carboxylic acids is 1. The first kappa shape index (κ1) is 27.3. The van der Waals surface area contributed by atoms with Crippen molar-refractivity contribution in [1.29, 1.82) is 0 Å². The highest BCUT2D eigenvalue weighted by Gasteiger charge is 2.38. The fourth-order valence-corrected chi connectivity index (χ4v) is 4.65. The Kier molecular flexibility index (Phi) is 7.57. The van der Waals surface area contributed by atoms with Gasteiger partial charge in [-0.05, 0) is 41.8 Å². The Hall–Kier alpha value is -3.76. The molecule has 1 amide bonds. The largest absolute Gasteiger partial charge is 0.478 e. The highest BCUT2D eigenvalue weighted by atomic mass is 35.5. The molecule has 2 aliphatic rings. The molecule has 2 heterocycles. The number of amidine groups is 1. The molecule has 0 fully saturated rings. The number of carbonyl (C=O) groups excluding carboxylic acids is 1. The Labute approximate surface area is 224 Å². The fraction of sp³-hybridized carbons (Fsp3) is 0.296. The molecule has 4 rings (SSSR count). The predicted molar refractivity (Wildman–Crippen MR) is 142 cm³/mol. The molecule has 0 radical (unpaired) electrons. The molecule has 0 aliphatic carbocycles. The second-order valence-electron chi connectivity index (χ2n) is 9.29. The first-order valence-electron chi connectivity index (χ1n) is 11.9. The zero-order valence-electron chi connectivity index (χ0n) is 21.1. The number of nitrogens with zero attached hydrogens (tertiary/aromatic N) is 3. The summed E-state index contributed by atoms with van der Waals surface area (Å²) in [4.78, 5) is 32.8. The molecule has 38 heavy (non-hydrogen) atoms. The molecule has 2 aliphatic heterocycles. The maximum Gasteiger partial charge on any atom is 0.339 e. The third kappa shape index (κ3) is 5.41. The average Bonchev–Trinajstić information content (AvgIpc) is 3.30. The lowest BCUT2D eigenvalue weighted by molar-refractivity contribution is -0.132. The van der Waals surface area contributed by atoms with Crippen molar-refractivity contribution in [3.05, 3.63) is 87.0 Å². The Morgan fingerprint density at radius 1 is 1.29 bits per heavy atom. The summed E-state index contributed by atoms with van der Waals surface area (Å²) >= 11 is 5.94. The van der Waals surface area contributed by atoms with Gasteiger partial charge in [0.1, 0.15) is 11.4 Å². The number of hydrogen-bond donors (Lipinski definition) is 3. The van der Waals surface area contributed by atoms with Crippen LogP contribution in [0.3, 0.4) is 0 Å². The summed E-state index contributed by atoms with van der Waals surface area (Å²) in [6.45, 7) is 3.33. The molecule has 200 valence electrons. The van der Waals surface area contributed by atoms with Gasteiger partial charge in [0, 0.05) is 37.7 Å². The number of aliphatic carboxylic acids is 1. The molecule has 0 saturated heterocycles. The summed E-state index contributed by atoms with van der Waals surface area (Å²) in [5.41, 5.74) is 8.27. The van der Waals surface area contributed by atoms with Crippen LogP contribution in [0.4, 0.5) is 14.5 Å². The molecule has 4 N–H and O–H groups in total. The summed E-state index contributed by atoms with van der Waals surface area (Å²) in [6.07, 6.45) is 2.11. The fourth-order valence-electron chi connectivity index (χ4n) is 4.54. The van der Waals surface area contributed by atoms with Crippen molar-refractivity contribution >= 4 is 35.0 Å². The molecule has 0 bridgehead atoms. The van der Waals surface area contributed by atoms with Crippen LogP contribution in [0.1, 0.15) is 46.5 Å². The summed E-state index contributed by atoms with van der Waals surface area (Å²) in [5, 5.41) is 13.0. The summed E-state index contributed by atoms with van der Waals surface area (Å²) < 4.78 is 28.8. The van der Waals surface area contributed by atoms with E-state index in [1.165, 1.54) is 23.1 Å². The molecule has 0 saturated carbocycles. The van der Waals surface area contributed by atoms with Crippen LogP contribution in [0, 0.1) is 0 Å². The van der Waals surface area contributed by atoms with Gasteiger partial charge in [-0.3, -0.25) is 14.7 Å². The Morgan fingerprint density at radius 3 is 2.47 bits per heavy atom. The highest BCUT2D eigenvalue weighted by molar-refractivity contribution is 6.32. The van der Waals surface area contributed by atoms with Gasteiger partial charge in [-0.2, -0.15) is 0 Å². The molecule has 1 unspecified atom stereocenters. The van der Waals surface area contributed by atoms with E-state index in [1.807, 2.05) is 24.3 Å². The Morgan fingerprint density at radius 2 is 1.92 bits per heavy atom. The Balaban J connectivity index is 1.74. The molecular weight excluding hydrogens is 516 g/mol. The van der Waals surface area contributed by atoms with Gasteiger partial charge in [0.15, 0.2) is 6.29 Å². The van der Waals surface area contributed by atoms with E-state index in [9.17, 15) is 23.5 Å². The Bertz CT molecular complexity index is 1360. The van der Waals surface area contributed by atoms with Gasteiger partial charge >= 0.3 is 5.97 Å². The molecule has 11 heteroatoms. The lowest BCUT2D eigenvalue weighted by Gasteiger charge is -2.41. The summed E-state index contributed by atoms with van der Waals surface area (Å²) in [5.74, 6) is -5.32. The molecule has 2 aromatic rings. The van der Waals surface area contributed by atoms with Crippen LogP contribution in [0.15, 0.2) is 64.1 Å². The zero-order valence-corrected chi connectivity index (χ0v) is 21.9. The SMILES string of the molecule is C/C=C(Cl)\C=C(\C(=O)O)C(N)=NCc1cc(C(C)(F)F)cc2c1NC(N1Cc3ccccc3C1)N(C)C2=O. The number of anilines is 1. The maximum absolute atomic E-state index is 14.4. The second-order valence-corrected chi connectivity index (χ2v) is 9.73. The first-order valence-corrected chi connectivity index (χ1v) is 12.2. The average molecular weight is 544 g/mol. The number of benzene rings is 2. The monoisotopic (exact) mass is 543 g/mol. The summed E-state index contributed by atoms with van der Waals surface area (Å²) in [7, 11) is 1.62. The van der Waals surface area contributed by atoms with Crippen molar-refractivity contribution in [1.82, 2.24) is 9.80 Å². The van der Waals surface area contributed by atoms with Crippen LogP contribution in [0.2, 0.25) is 0 Å². The van der Waals surface area contributed by atoms with Crippen molar-refractivity contribution in [2.45, 2.75) is 45.7 Å². The van der Waals surface area contributed by atoms with Gasteiger partial charge < -0.3 is 21.1 Å². The normalized spacial score (nSPS) is 18.8. The number of aliphatic imine (C=N–C) groups is 1. The first-order chi connectivity index (χ1) is 17.9. The van der Waals surface area contributed by atoms with Gasteiger partial charge in [-0.1, -0.05) is 41.9 Å². The van der Waals surface area contributed by atoms with E-state index in [1.54, 1.807) is 14.0 Å². The van der Waals surface area contributed by atoms with E-state index in [0.717, 1.165) is 24.1 Å². The molecule has 1 atom stereocenters. The number of hydrogen-bond acceptors (Lipinski definition) is 5. The lowest BCUT2D eigenvalue weighted by atomic mass is 9.97. The van der Waals surface area contributed by atoms with Crippen LogP contribution in [-0.4, -0.2) is 46.0 Å². The van der Waals surface area contributed by atoms with Crippen LogP contribution < -0.4 is 11.1 Å². The minimum Gasteiger partial charge on any atom is -0.478 e. The number of halogens is 3. The standard InChI is InChI=1S/C27H28ClF2N5O3/c1-4-19(28)11-21(25(37)38)23(31)32-12-17-9-18(27(2,29)30)10-20-22(17)33-26(34(3)24(20)36)35-13-15-7-5-6-8-16(15)14-35/h4-11,26,33H,12-14H2,1-3H3,(H2,31,32)(H,37,38)/b19-4+,21-11+. The maximum atomic E-state index is 14.4. The number of nitrogens with two attached hydrogens (primary N) is 1. The predicted octanol–water partition coefficient (Wildman–Crippen LogP) is 4.61. The van der Waals surface area contributed by atoms with Crippen LogP contribution in [0.5, 0.6) is 0 Å². The third-order valence-electron chi connectivity index (χ3n) is 6.61. The topological polar surface area (TPSA) is 111 Å². The van der Waals surface area contributed by atoms with Gasteiger partial charge in [0.25, 0.3) is 11.8 Å². The van der Waals surface area contributed by atoms with Gasteiger partial charge in [-0.15, -0.1) is 0 Å². The van der Waals surface area contributed by atoms with E-state index in [-0.39, 0.29) is 39.7 Å². The number of carboxylic acid groups (broad SMARTS) is 1. The molecule has 0 aromatic heterocycles. The lowest BCUT2D eigenvalue weighted by Crippen LogP contribution is -2.55. The van der Waals surface area contributed by atoms with E-state index < -0.39 is 24.1 Å². The number of rotatable bonds is 7. The zero-order chi connectivity index (χ0) is 27.8.